The summed E-state index contributed by atoms with van der Waals surface area (Å²) in [5.74, 6) is -0.701. The third-order valence-corrected chi connectivity index (χ3v) is 7.89. The van der Waals surface area contributed by atoms with Crippen molar-refractivity contribution < 1.29 is 22.7 Å². The van der Waals surface area contributed by atoms with Crippen molar-refractivity contribution in [3.63, 3.8) is 0 Å². The quantitative estimate of drug-likeness (QED) is 0.399. The van der Waals surface area contributed by atoms with E-state index in [4.69, 9.17) is 9.47 Å². The zero-order valence-electron chi connectivity index (χ0n) is 20.1. The molecule has 1 aliphatic carbocycles. The van der Waals surface area contributed by atoms with E-state index in [-0.39, 0.29) is 16.3 Å². The molecule has 2 aromatic carbocycles. The van der Waals surface area contributed by atoms with Gasteiger partial charge in [0.25, 0.3) is 15.9 Å². The SMILES string of the molecule is COc1ccc(C2(OC)CC2)cc1S(=O)(=O)NC(=O)c1ccc2c(-c3ccccn3)ccc(C)c2n1. The fourth-order valence-corrected chi connectivity index (χ4v) is 5.51. The molecule has 5 rings (SSSR count). The van der Waals surface area contributed by atoms with Crippen LogP contribution in [0.15, 0.2) is 71.8 Å². The number of hydrogen-bond donors (Lipinski definition) is 1. The van der Waals surface area contributed by atoms with Gasteiger partial charge in [0.1, 0.15) is 16.3 Å². The molecular weight excluding hydrogens is 478 g/mol. The van der Waals surface area contributed by atoms with Crippen LogP contribution < -0.4 is 9.46 Å². The summed E-state index contributed by atoms with van der Waals surface area (Å²) < 4.78 is 39.5. The standard InChI is InChI=1S/C27H25N3O5S/c1-17-7-9-19(21-6-4-5-15-28-21)20-10-11-22(29-25(17)20)26(31)30-36(32,33)24-16-18(8-12-23(24)34-2)27(35-3)13-14-27/h4-12,15-16H,13-14H2,1-3H3,(H,30,31). The first kappa shape index (κ1) is 23.9. The van der Waals surface area contributed by atoms with E-state index in [9.17, 15) is 13.2 Å². The minimum Gasteiger partial charge on any atom is -0.495 e. The van der Waals surface area contributed by atoms with Crippen molar-refractivity contribution in [1.29, 1.82) is 0 Å². The number of carbonyl (C=O) groups excluding carboxylic acids is 1. The summed E-state index contributed by atoms with van der Waals surface area (Å²) in [6.07, 6.45) is 3.30. The molecule has 8 nitrogen and oxygen atoms in total. The highest BCUT2D eigenvalue weighted by molar-refractivity contribution is 7.90. The van der Waals surface area contributed by atoms with Gasteiger partial charge in [-0.15, -0.1) is 0 Å². The van der Waals surface area contributed by atoms with Crippen molar-refractivity contribution in [2.24, 2.45) is 0 Å². The average Bonchev–Trinajstić information content (AvgIpc) is 3.70. The Kier molecular flexibility index (Phi) is 5.97. The van der Waals surface area contributed by atoms with Crippen LogP contribution in [0.3, 0.4) is 0 Å². The van der Waals surface area contributed by atoms with Crippen LogP contribution in [0.1, 0.15) is 34.5 Å². The Hall–Kier alpha value is -3.82. The second kappa shape index (κ2) is 9.00. The van der Waals surface area contributed by atoms with Crippen LogP contribution in [-0.2, 0) is 20.4 Å². The Labute approximate surface area is 209 Å². The summed E-state index contributed by atoms with van der Waals surface area (Å²) in [4.78, 5) is 21.9. The van der Waals surface area contributed by atoms with Crippen LogP contribution in [-0.4, -0.2) is 38.5 Å². The van der Waals surface area contributed by atoms with Crippen LogP contribution in [0.2, 0.25) is 0 Å². The molecule has 1 fully saturated rings. The predicted octanol–water partition coefficient (Wildman–Crippen LogP) is 4.37. The molecule has 2 aromatic heterocycles. The van der Waals surface area contributed by atoms with Crippen molar-refractivity contribution in [3.05, 3.63) is 83.7 Å². The molecule has 0 unspecified atom stereocenters. The Balaban J connectivity index is 1.49. The van der Waals surface area contributed by atoms with Gasteiger partial charge in [-0.05, 0) is 67.3 Å². The smallest absolute Gasteiger partial charge is 0.283 e. The van der Waals surface area contributed by atoms with Gasteiger partial charge < -0.3 is 9.47 Å². The summed E-state index contributed by atoms with van der Waals surface area (Å²) in [5.41, 5.74) is 3.31. The summed E-state index contributed by atoms with van der Waals surface area (Å²) >= 11 is 0. The number of rotatable bonds is 7. The molecule has 2 heterocycles. The second-order valence-corrected chi connectivity index (χ2v) is 10.4. The summed E-state index contributed by atoms with van der Waals surface area (Å²) in [5, 5.41) is 0.816. The number of fused-ring (bicyclic) bond motifs is 1. The van der Waals surface area contributed by atoms with Gasteiger partial charge in [0.05, 0.1) is 23.9 Å². The summed E-state index contributed by atoms with van der Waals surface area (Å²) in [6, 6.07) is 17.6. The molecule has 0 bridgehead atoms. The van der Waals surface area contributed by atoms with Gasteiger partial charge in [0.2, 0.25) is 0 Å². The molecular formula is C27H25N3O5S. The third kappa shape index (κ3) is 4.20. The first-order valence-corrected chi connectivity index (χ1v) is 12.9. The molecule has 1 saturated carbocycles. The first-order chi connectivity index (χ1) is 17.3. The maximum absolute atomic E-state index is 13.3. The number of nitrogens with one attached hydrogen (secondary N) is 1. The highest BCUT2D eigenvalue weighted by atomic mass is 32.2. The number of benzene rings is 2. The van der Waals surface area contributed by atoms with Gasteiger partial charge in [-0.25, -0.2) is 18.1 Å². The van der Waals surface area contributed by atoms with E-state index in [1.807, 2.05) is 37.3 Å². The Morgan fingerprint density at radius 3 is 2.50 bits per heavy atom. The fraction of sp³-hybridized carbons (Fsp3) is 0.222. The number of pyridine rings is 2. The molecule has 1 amide bonds. The highest BCUT2D eigenvalue weighted by Gasteiger charge is 2.45. The minimum atomic E-state index is -4.26. The van der Waals surface area contributed by atoms with Crippen LogP contribution >= 0.6 is 0 Å². The lowest BCUT2D eigenvalue weighted by Gasteiger charge is -2.17. The number of sulfonamides is 1. The molecule has 0 atom stereocenters. The molecule has 4 aromatic rings. The van der Waals surface area contributed by atoms with Crippen LogP contribution in [0.25, 0.3) is 22.2 Å². The Bertz CT molecular complexity index is 1580. The van der Waals surface area contributed by atoms with E-state index < -0.39 is 21.5 Å². The molecule has 9 heteroatoms. The molecule has 0 aliphatic heterocycles. The van der Waals surface area contributed by atoms with Gasteiger partial charge in [-0.1, -0.05) is 24.3 Å². The lowest BCUT2D eigenvalue weighted by Crippen LogP contribution is -2.31. The van der Waals surface area contributed by atoms with Crippen LogP contribution in [0.5, 0.6) is 5.75 Å². The normalized spacial score (nSPS) is 14.4. The minimum absolute atomic E-state index is 0.0157. The number of nitrogens with zero attached hydrogens (tertiary/aromatic N) is 2. The topological polar surface area (TPSA) is 107 Å². The van der Waals surface area contributed by atoms with Crippen molar-refractivity contribution in [3.8, 4) is 17.0 Å². The Morgan fingerprint density at radius 2 is 1.83 bits per heavy atom. The maximum Gasteiger partial charge on any atom is 0.283 e. The van der Waals surface area contributed by atoms with E-state index in [0.717, 1.165) is 40.6 Å². The van der Waals surface area contributed by atoms with E-state index in [0.29, 0.717) is 5.52 Å². The number of carbonyl (C=O) groups is 1. The van der Waals surface area contributed by atoms with Crippen molar-refractivity contribution in [2.45, 2.75) is 30.3 Å². The zero-order chi connectivity index (χ0) is 25.5. The molecule has 0 radical (unpaired) electrons. The lowest BCUT2D eigenvalue weighted by molar-refractivity contribution is 0.0786. The number of aromatic nitrogens is 2. The Morgan fingerprint density at radius 1 is 1.03 bits per heavy atom. The highest BCUT2D eigenvalue weighted by Crippen LogP contribution is 2.49. The number of amides is 1. The third-order valence-electron chi connectivity index (χ3n) is 6.53. The van der Waals surface area contributed by atoms with Crippen molar-refractivity contribution in [2.75, 3.05) is 14.2 Å². The lowest BCUT2D eigenvalue weighted by atomic mass is 10.0. The van der Waals surface area contributed by atoms with Crippen molar-refractivity contribution in [1.82, 2.24) is 14.7 Å². The zero-order valence-corrected chi connectivity index (χ0v) is 20.9. The first-order valence-electron chi connectivity index (χ1n) is 11.4. The van der Waals surface area contributed by atoms with Gasteiger partial charge in [-0.3, -0.25) is 9.78 Å². The van der Waals surface area contributed by atoms with Gasteiger partial charge in [-0.2, -0.15) is 0 Å². The van der Waals surface area contributed by atoms with E-state index in [1.165, 1.54) is 19.2 Å². The molecule has 0 saturated heterocycles. The largest absolute Gasteiger partial charge is 0.495 e. The number of hydrogen-bond acceptors (Lipinski definition) is 7. The van der Waals surface area contributed by atoms with Crippen LogP contribution in [0.4, 0.5) is 0 Å². The summed E-state index contributed by atoms with van der Waals surface area (Å²) in [7, 11) is -1.28. The van der Waals surface area contributed by atoms with E-state index in [1.54, 1.807) is 31.5 Å². The maximum atomic E-state index is 13.3. The predicted molar refractivity (Wildman–Crippen MR) is 135 cm³/mol. The number of aryl methyl sites for hydroxylation is 1. The van der Waals surface area contributed by atoms with E-state index in [2.05, 4.69) is 14.7 Å². The monoisotopic (exact) mass is 503 g/mol. The van der Waals surface area contributed by atoms with E-state index >= 15 is 0 Å². The molecule has 0 spiro atoms. The van der Waals surface area contributed by atoms with Gasteiger partial charge in [0.15, 0.2) is 0 Å². The fourth-order valence-electron chi connectivity index (χ4n) is 4.35. The molecule has 1 N–H and O–H groups in total. The van der Waals surface area contributed by atoms with Gasteiger partial charge in [0, 0.05) is 24.3 Å². The second-order valence-electron chi connectivity index (χ2n) is 8.74. The number of ether oxygens (including phenoxy) is 2. The van der Waals surface area contributed by atoms with Gasteiger partial charge >= 0.3 is 0 Å². The summed E-state index contributed by atoms with van der Waals surface area (Å²) in [6.45, 7) is 1.88. The van der Waals surface area contributed by atoms with Crippen LogP contribution in [0, 0.1) is 6.92 Å². The molecule has 36 heavy (non-hydrogen) atoms. The average molecular weight is 504 g/mol. The molecule has 1 aliphatic rings. The van der Waals surface area contributed by atoms with Crippen molar-refractivity contribution >= 4 is 26.8 Å². The molecule has 184 valence electrons. The number of methoxy groups -OCH3 is 2.